The molecule has 0 saturated heterocycles. The summed E-state index contributed by atoms with van der Waals surface area (Å²) in [5, 5.41) is 9.40. The van der Waals surface area contributed by atoms with Gasteiger partial charge in [0.05, 0.1) is 11.0 Å². The summed E-state index contributed by atoms with van der Waals surface area (Å²) < 4.78 is 6.24. The summed E-state index contributed by atoms with van der Waals surface area (Å²) in [6, 6.07) is 16.9. The molecular formula is C25H22O4. The number of ether oxygens (including phenoxy) is 1. The normalized spacial score (nSPS) is 13.8. The van der Waals surface area contributed by atoms with Gasteiger partial charge in [0.2, 0.25) is 0 Å². The molecule has 1 aliphatic heterocycles. The molecule has 0 aromatic heterocycles. The van der Waals surface area contributed by atoms with E-state index in [1.165, 1.54) is 13.0 Å². The van der Waals surface area contributed by atoms with Crippen molar-refractivity contribution in [2.75, 3.05) is 0 Å². The Morgan fingerprint density at radius 2 is 1.34 bits per heavy atom. The number of aromatic carboxylic acids is 1. The van der Waals surface area contributed by atoms with E-state index in [0.29, 0.717) is 5.56 Å². The zero-order chi connectivity index (χ0) is 20.9. The fourth-order valence-corrected chi connectivity index (χ4v) is 4.21. The highest BCUT2D eigenvalue weighted by atomic mass is 16.5. The molecule has 0 bridgehead atoms. The standard InChI is InChI=1S/C25H22O4/c1-14-5-8-20-22(11-14)29-23-12-15(2)6-9-21(23)25(20,4)19-10-7-17(24(27)28)13-18(19)16(3)26/h5-13H,1-4H3,(H,27,28). The first-order valence-electron chi connectivity index (χ1n) is 9.50. The molecule has 4 heteroatoms. The van der Waals surface area contributed by atoms with Gasteiger partial charge >= 0.3 is 5.97 Å². The third-order valence-corrected chi connectivity index (χ3v) is 5.76. The van der Waals surface area contributed by atoms with E-state index in [0.717, 1.165) is 39.3 Å². The number of hydrogen-bond donors (Lipinski definition) is 1. The van der Waals surface area contributed by atoms with Crippen LogP contribution < -0.4 is 4.74 Å². The van der Waals surface area contributed by atoms with E-state index in [4.69, 9.17) is 4.74 Å². The first-order chi connectivity index (χ1) is 13.7. The van der Waals surface area contributed by atoms with Crippen LogP contribution in [0.15, 0.2) is 54.6 Å². The number of carbonyl (C=O) groups excluding carboxylic acids is 1. The monoisotopic (exact) mass is 386 g/mol. The van der Waals surface area contributed by atoms with Gasteiger partial charge < -0.3 is 9.84 Å². The predicted octanol–water partition coefficient (Wildman–Crippen LogP) is 5.66. The highest BCUT2D eigenvalue weighted by molar-refractivity contribution is 5.99. The number of hydrogen-bond acceptors (Lipinski definition) is 3. The zero-order valence-electron chi connectivity index (χ0n) is 16.9. The van der Waals surface area contributed by atoms with Gasteiger partial charge in [-0.15, -0.1) is 0 Å². The number of rotatable bonds is 3. The van der Waals surface area contributed by atoms with E-state index in [1.54, 1.807) is 12.1 Å². The molecular weight excluding hydrogens is 364 g/mol. The summed E-state index contributed by atoms with van der Waals surface area (Å²) in [7, 11) is 0. The van der Waals surface area contributed by atoms with Crippen LogP contribution in [0.25, 0.3) is 0 Å². The van der Waals surface area contributed by atoms with E-state index in [2.05, 4.69) is 6.92 Å². The van der Waals surface area contributed by atoms with Crippen molar-refractivity contribution in [3.63, 3.8) is 0 Å². The number of carbonyl (C=O) groups is 2. The second-order valence-electron chi connectivity index (χ2n) is 7.85. The van der Waals surface area contributed by atoms with E-state index >= 15 is 0 Å². The van der Waals surface area contributed by atoms with E-state index in [9.17, 15) is 14.7 Å². The number of fused-ring (bicyclic) bond motifs is 2. The fraction of sp³-hybridized carbons (Fsp3) is 0.200. The minimum atomic E-state index is -1.05. The average Bonchev–Trinajstić information content (AvgIpc) is 2.66. The third-order valence-electron chi connectivity index (χ3n) is 5.76. The topological polar surface area (TPSA) is 63.6 Å². The smallest absolute Gasteiger partial charge is 0.335 e. The van der Waals surface area contributed by atoms with Gasteiger partial charge in [-0.25, -0.2) is 4.79 Å². The minimum absolute atomic E-state index is 0.0999. The molecule has 3 aromatic carbocycles. The molecule has 29 heavy (non-hydrogen) atoms. The lowest BCUT2D eigenvalue weighted by atomic mass is 9.67. The summed E-state index contributed by atoms with van der Waals surface area (Å²) in [4.78, 5) is 24.0. The first kappa shape index (κ1) is 18.9. The van der Waals surface area contributed by atoms with Crippen LogP contribution in [0.2, 0.25) is 0 Å². The van der Waals surface area contributed by atoms with Crippen molar-refractivity contribution in [3.05, 3.63) is 93.5 Å². The van der Waals surface area contributed by atoms with Gasteiger partial charge in [0.15, 0.2) is 5.78 Å². The minimum Gasteiger partial charge on any atom is -0.478 e. The Morgan fingerprint density at radius 1 is 0.828 bits per heavy atom. The molecule has 0 spiro atoms. The SMILES string of the molecule is CC(=O)c1cc(C(=O)O)ccc1C1(C)c2ccc(C)cc2Oc2cc(C)ccc21. The Balaban J connectivity index is 2.08. The molecule has 1 aliphatic rings. The predicted molar refractivity (Wildman–Crippen MR) is 111 cm³/mol. The molecule has 0 amide bonds. The van der Waals surface area contributed by atoms with E-state index < -0.39 is 11.4 Å². The van der Waals surface area contributed by atoms with Crippen molar-refractivity contribution in [2.24, 2.45) is 0 Å². The number of carboxylic acids is 1. The molecule has 0 radical (unpaired) electrons. The maximum atomic E-state index is 12.5. The van der Waals surface area contributed by atoms with Crippen LogP contribution in [-0.4, -0.2) is 16.9 Å². The summed E-state index contributed by atoms with van der Waals surface area (Å²) in [5.41, 5.74) is 4.67. The van der Waals surface area contributed by atoms with Crippen molar-refractivity contribution in [2.45, 2.75) is 33.1 Å². The summed E-state index contributed by atoms with van der Waals surface area (Å²) in [6.07, 6.45) is 0. The first-order valence-corrected chi connectivity index (χ1v) is 9.50. The second kappa shape index (κ2) is 6.59. The van der Waals surface area contributed by atoms with Crippen molar-refractivity contribution < 1.29 is 19.4 Å². The average molecular weight is 386 g/mol. The maximum Gasteiger partial charge on any atom is 0.335 e. The molecule has 146 valence electrons. The quantitative estimate of drug-likeness (QED) is 0.590. The Hall–Kier alpha value is -3.40. The Bertz CT molecular complexity index is 1120. The van der Waals surface area contributed by atoms with Crippen LogP contribution in [-0.2, 0) is 5.41 Å². The van der Waals surface area contributed by atoms with E-state index in [-0.39, 0.29) is 11.3 Å². The molecule has 0 aliphatic carbocycles. The number of benzene rings is 3. The van der Waals surface area contributed by atoms with Gasteiger partial charge in [0.25, 0.3) is 0 Å². The lowest BCUT2D eigenvalue weighted by molar-refractivity contribution is 0.0697. The number of carboxylic acid groups (broad SMARTS) is 1. The Morgan fingerprint density at radius 3 is 1.83 bits per heavy atom. The van der Waals surface area contributed by atoms with Gasteiger partial charge in [-0.2, -0.15) is 0 Å². The number of ketones is 1. The second-order valence-corrected chi connectivity index (χ2v) is 7.85. The van der Waals surface area contributed by atoms with Crippen LogP contribution >= 0.6 is 0 Å². The lowest BCUT2D eigenvalue weighted by Gasteiger charge is -2.39. The molecule has 0 saturated carbocycles. The van der Waals surface area contributed by atoms with Crippen LogP contribution in [0.3, 0.4) is 0 Å². The van der Waals surface area contributed by atoms with Crippen LogP contribution in [0, 0.1) is 13.8 Å². The van der Waals surface area contributed by atoms with Crippen molar-refractivity contribution in [1.29, 1.82) is 0 Å². The molecule has 0 fully saturated rings. The van der Waals surface area contributed by atoms with E-state index in [1.807, 2.05) is 50.2 Å². The highest BCUT2D eigenvalue weighted by Gasteiger charge is 2.41. The summed E-state index contributed by atoms with van der Waals surface area (Å²) in [5.74, 6) is 0.284. The third kappa shape index (κ3) is 2.92. The van der Waals surface area contributed by atoms with Crippen LogP contribution in [0.1, 0.15) is 62.4 Å². The fourth-order valence-electron chi connectivity index (χ4n) is 4.21. The molecule has 0 unspecified atom stereocenters. The van der Waals surface area contributed by atoms with Crippen molar-refractivity contribution in [3.8, 4) is 11.5 Å². The van der Waals surface area contributed by atoms with Crippen LogP contribution in [0.5, 0.6) is 11.5 Å². The Labute approximate surface area is 169 Å². The number of Topliss-reactive ketones (excluding diaryl/α,β-unsaturated/α-hetero) is 1. The largest absolute Gasteiger partial charge is 0.478 e. The maximum absolute atomic E-state index is 12.5. The Kier molecular flexibility index (Phi) is 4.30. The van der Waals surface area contributed by atoms with Crippen molar-refractivity contribution in [1.82, 2.24) is 0 Å². The van der Waals surface area contributed by atoms with Crippen molar-refractivity contribution >= 4 is 11.8 Å². The molecule has 3 aromatic rings. The van der Waals surface area contributed by atoms with Gasteiger partial charge in [-0.3, -0.25) is 4.79 Å². The van der Waals surface area contributed by atoms with Crippen LogP contribution in [0.4, 0.5) is 0 Å². The zero-order valence-corrected chi connectivity index (χ0v) is 16.9. The highest BCUT2D eigenvalue weighted by Crippen LogP contribution is 2.52. The number of aryl methyl sites for hydroxylation is 2. The molecule has 1 N–H and O–H groups in total. The summed E-state index contributed by atoms with van der Waals surface area (Å²) >= 11 is 0. The molecule has 4 nitrogen and oxygen atoms in total. The van der Waals surface area contributed by atoms with Gasteiger partial charge in [-0.05, 0) is 68.7 Å². The van der Waals surface area contributed by atoms with Gasteiger partial charge in [0.1, 0.15) is 11.5 Å². The lowest BCUT2D eigenvalue weighted by Crippen LogP contribution is -2.31. The molecule has 4 rings (SSSR count). The molecule has 0 atom stereocenters. The van der Waals surface area contributed by atoms with Gasteiger partial charge in [-0.1, -0.05) is 30.3 Å². The summed E-state index contributed by atoms with van der Waals surface area (Å²) in [6.45, 7) is 7.56. The molecule has 1 heterocycles. The van der Waals surface area contributed by atoms with Gasteiger partial charge in [0, 0.05) is 16.7 Å².